The second kappa shape index (κ2) is 13.6. The summed E-state index contributed by atoms with van der Waals surface area (Å²) in [7, 11) is 4.12. The fraction of sp³-hybridized carbons (Fsp3) is 0.567. The van der Waals surface area contributed by atoms with Crippen LogP contribution in [0.4, 0.5) is 13.2 Å². The van der Waals surface area contributed by atoms with E-state index < -0.39 is 11.7 Å². The van der Waals surface area contributed by atoms with Gasteiger partial charge in [-0.05, 0) is 101 Å². The first-order valence-corrected chi connectivity index (χ1v) is 13.7. The number of unbranched alkanes of at least 4 members (excludes halogenated alkanes) is 1. The zero-order valence-corrected chi connectivity index (χ0v) is 23.9. The molecule has 1 saturated heterocycles. The standard InChI is InChI=1S/C30H43F3N4O2/c1-21-22(2)28(39-19-7-6-8-26(20-34)35(4)5)14-13-27(21)23(3)36-15-17-37(18-16-36)29(38)24-9-11-25(12-10-24)30(31,32)33/h9-14,23,26H,6-8,15-20,34H2,1-5H3. The molecule has 2 atom stereocenters. The van der Waals surface area contributed by atoms with Crippen LogP contribution in [-0.2, 0) is 6.18 Å². The van der Waals surface area contributed by atoms with Crippen LogP contribution in [0.5, 0.6) is 5.75 Å². The molecular weight excluding hydrogens is 505 g/mol. The van der Waals surface area contributed by atoms with E-state index in [-0.39, 0.29) is 17.5 Å². The van der Waals surface area contributed by atoms with Gasteiger partial charge in [-0.1, -0.05) is 6.07 Å². The Morgan fingerprint density at radius 2 is 1.64 bits per heavy atom. The first-order chi connectivity index (χ1) is 18.4. The smallest absolute Gasteiger partial charge is 0.416 e. The van der Waals surface area contributed by atoms with Gasteiger partial charge in [0.2, 0.25) is 0 Å². The molecule has 2 N–H and O–H groups in total. The van der Waals surface area contributed by atoms with E-state index in [1.165, 1.54) is 23.3 Å². The van der Waals surface area contributed by atoms with Crippen LogP contribution >= 0.6 is 0 Å². The molecule has 1 fully saturated rings. The van der Waals surface area contributed by atoms with Crippen molar-refractivity contribution < 1.29 is 22.7 Å². The number of hydrogen-bond acceptors (Lipinski definition) is 5. The zero-order chi connectivity index (χ0) is 28.7. The molecule has 2 aromatic rings. The van der Waals surface area contributed by atoms with Crippen molar-refractivity contribution in [3.63, 3.8) is 0 Å². The molecule has 0 spiro atoms. The van der Waals surface area contributed by atoms with Crippen molar-refractivity contribution in [2.24, 2.45) is 5.73 Å². The second-order valence-corrected chi connectivity index (χ2v) is 10.7. The molecule has 2 aromatic carbocycles. The van der Waals surface area contributed by atoms with Gasteiger partial charge in [0.05, 0.1) is 12.2 Å². The quantitative estimate of drug-likeness (QED) is 0.387. The monoisotopic (exact) mass is 548 g/mol. The van der Waals surface area contributed by atoms with Crippen molar-refractivity contribution >= 4 is 5.91 Å². The van der Waals surface area contributed by atoms with E-state index >= 15 is 0 Å². The lowest BCUT2D eigenvalue weighted by Crippen LogP contribution is -2.49. The van der Waals surface area contributed by atoms with Crippen LogP contribution in [0.15, 0.2) is 36.4 Å². The van der Waals surface area contributed by atoms with Gasteiger partial charge >= 0.3 is 6.18 Å². The Morgan fingerprint density at radius 3 is 2.21 bits per heavy atom. The fourth-order valence-electron chi connectivity index (χ4n) is 5.17. The molecule has 39 heavy (non-hydrogen) atoms. The van der Waals surface area contributed by atoms with E-state index in [9.17, 15) is 18.0 Å². The summed E-state index contributed by atoms with van der Waals surface area (Å²) in [5, 5.41) is 0. The summed E-state index contributed by atoms with van der Waals surface area (Å²) in [4.78, 5) is 19.1. The third-order valence-corrected chi connectivity index (χ3v) is 8.03. The Balaban J connectivity index is 1.52. The van der Waals surface area contributed by atoms with Gasteiger partial charge in [-0.2, -0.15) is 13.2 Å². The number of amides is 1. The van der Waals surface area contributed by atoms with Gasteiger partial charge in [0, 0.05) is 50.4 Å². The number of nitrogens with zero attached hydrogens (tertiary/aromatic N) is 3. The van der Waals surface area contributed by atoms with E-state index in [1.54, 1.807) is 4.90 Å². The van der Waals surface area contributed by atoms with E-state index in [2.05, 4.69) is 56.8 Å². The van der Waals surface area contributed by atoms with Crippen molar-refractivity contribution in [2.45, 2.75) is 58.3 Å². The number of alkyl halides is 3. The number of halogens is 3. The van der Waals surface area contributed by atoms with Crippen molar-refractivity contribution in [1.29, 1.82) is 0 Å². The predicted octanol–water partition coefficient (Wildman–Crippen LogP) is 5.28. The molecule has 6 nitrogen and oxygen atoms in total. The SMILES string of the molecule is Cc1c(OCCCCC(CN)N(C)C)ccc(C(C)N2CCN(C(=O)c3ccc(C(F)(F)F)cc3)CC2)c1C. The van der Waals surface area contributed by atoms with Crippen LogP contribution in [0, 0.1) is 13.8 Å². The maximum atomic E-state index is 12.9. The zero-order valence-electron chi connectivity index (χ0n) is 23.9. The van der Waals surface area contributed by atoms with Gasteiger partial charge in [0.1, 0.15) is 5.75 Å². The van der Waals surface area contributed by atoms with E-state index in [1.807, 2.05) is 0 Å². The lowest BCUT2D eigenvalue weighted by molar-refractivity contribution is -0.137. The van der Waals surface area contributed by atoms with Crippen LogP contribution in [0.3, 0.4) is 0 Å². The molecule has 1 heterocycles. The van der Waals surface area contributed by atoms with E-state index in [0.717, 1.165) is 42.7 Å². The first kappa shape index (κ1) is 30.9. The van der Waals surface area contributed by atoms with Crippen LogP contribution in [-0.4, -0.2) is 80.1 Å². The summed E-state index contributed by atoms with van der Waals surface area (Å²) in [6.45, 7) is 10.2. The highest BCUT2D eigenvalue weighted by molar-refractivity contribution is 5.94. The Morgan fingerprint density at radius 1 is 1.00 bits per heavy atom. The number of hydrogen-bond donors (Lipinski definition) is 1. The molecular formula is C30H43F3N4O2. The van der Waals surface area contributed by atoms with Gasteiger partial charge < -0.3 is 20.3 Å². The molecule has 9 heteroatoms. The predicted molar refractivity (Wildman–Crippen MR) is 149 cm³/mol. The number of carbonyl (C=O) groups is 1. The van der Waals surface area contributed by atoms with Gasteiger partial charge in [-0.3, -0.25) is 9.69 Å². The average molecular weight is 549 g/mol. The third kappa shape index (κ3) is 7.96. The minimum Gasteiger partial charge on any atom is -0.493 e. The van der Waals surface area contributed by atoms with Crippen LogP contribution < -0.4 is 10.5 Å². The summed E-state index contributed by atoms with van der Waals surface area (Å²) in [6, 6.07) is 9.21. The first-order valence-electron chi connectivity index (χ1n) is 13.7. The van der Waals surface area contributed by atoms with E-state index in [4.69, 9.17) is 10.5 Å². The fourth-order valence-corrected chi connectivity index (χ4v) is 5.17. The van der Waals surface area contributed by atoms with Gasteiger partial charge in [0.15, 0.2) is 0 Å². The van der Waals surface area contributed by atoms with Crippen LogP contribution in [0.25, 0.3) is 0 Å². The van der Waals surface area contributed by atoms with Crippen molar-refractivity contribution in [2.75, 3.05) is 53.4 Å². The third-order valence-electron chi connectivity index (χ3n) is 8.03. The Kier molecular flexibility index (Phi) is 10.8. The summed E-state index contributed by atoms with van der Waals surface area (Å²) >= 11 is 0. The molecule has 0 radical (unpaired) electrons. The number of carbonyl (C=O) groups excluding carboxylic acids is 1. The summed E-state index contributed by atoms with van der Waals surface area (Å²) < 4.78 is 44.6. The summed E-state index contributed by atoms with van der Waals surface area (Å²) in [6.07, 6.45) is -1.30. The molecule has 0 saturated carbocycles. The number of rotatable bonds is 11. The minimum atomic E-state index is -4.41. The Labute approximate surface area is 230 Å². The van der Waals surface area contributed by atoms with E-state index in [0.29, 0.717) is 45.4 Å². The molecule has 0 aromatic heterocycles. The number of likely N-dealkylation sites (N-methyl/N-ethyl adjacent to an activating group) is 1. The molecule has 0 aliphatic carbocycles. The van der Waals surface area contributed by atoms with Crippen molar-refractivity contribution in [3.05, 3.63) is 64.2 Å². The molecule has 216 valence electrons. The number of ether oxygens (including phenoxy) is 1. The highest BCUT2D eigenvalue weighted by atomic mass is 19.4. The molecule has 0 bridgehead atoms. The summed E-state index contributed by atoms with van der Waals surface area (Å²) in [5.41, 5.74) is 8.96. The molecule has 1 aliphatic rings. The van der Waals surface area contributed by atoms with Crippen LogP contribution in [0.1, 0.15) is 64.8 Å². The highest BCUT2D eigenvalue weighted by Crippen LogP contribution is 2.32. The summed E-state index contributed by atoms with van der Waals surface area (Å²) in [5.74, 6) is 0.684. The largest absolute Gasteiger partial charge is 0.493 e. The van der Waals surface area contributed by atoms with Gasteiger partial charge in [-0.25, -0.2) is 0 Å². The molecule has 3 rings (SSSR count). The normalized spacial score (nSPS) is 16.4. The Bertz CT molecular complexity index is 1080. The lowest BCUT2D eigenvalue weighted by atomic mass is 9.96. The van der Waals surface area contributed by atoms with Crippen molar-refractivity contribution in [3.8, 4) is 5.75 Å². The van der Waals surface area contributed by atoms with Crippen LogP contribution in [0.2, 0.25) is 0 Å². The maximum Gasteiger partial charge on any atom is 0.416 e. The molecule has 1 aliphatic heterocycles. The number of benzene rings is 2. The average Bonchev–Trinajstić information content (AvgIpc) is 2.91. The number of nitrogens with two attached hydrogens (primary N) is 1. The van der Waals surface area contributed by atoms with Gasteiger partial charge in [-0.15, -0.1) is 0 Å². The maximum absolute atomic E-state index is 12.9. The Hall–Kier alpha value is -2.62. The molecule has 1 amide bonds. The lowest BCUT2D eigenvalue weighted by Gasteiger charge is -2.39. The topological polar surface area (TPSA) is 62.0 Å². The number of piperazine rings is 1. The van der Waals surface area contributed by atoms with Gasteiger partial charge in [0.25, 0.3) is 5.91 Å². The highest BCUT2D eigenvalue weighted by Gasteiger charge is 2.31. The second-order valence-electron chi connectivity index (χ2n) is 10.7. The molecule has 2 unspecified atom stereocenters. The van der Waals surface area contributed by atoms with Crippen molar-refractivity contribution in [1.82, 2.24) is 14.7 Å². The minimum absolute atomic E-state index is 0.167.